The summed E-state index contributed by atoms with van der Waals surface area (Å²) in [4.78, 5) is 0. The first-order chi connectivity index (χ1) is 8.33. The Morgan fingerprint density at radius 3 is 2.35 bits per heavy atom. The van der Waals surface area contributed by atoms with E-state index in [9.17, 15) is 5.21 Å². The Balaban J connectivity index is 1.83. The number of hydrogen-bond donors (Lipinski definition) is 1. The molecule has 0 spiro atoms. The van der Waals surface area contributed by atoms with Gasteiger partial charge in [0.15, 0.2) is 0 Å². The van der Waals surface area contributed by atoms with Gasteiger partial charge in [0.2, 0.25) is 0 Å². The second kappa shape index (κ2) is 9.83. The minimum atomic E-state index is 0.163. The Labute approximate surface area is 105 Å². The molecule has 0 saturated carbocycles. The van der Waals surface area contributed by atoms with Gasteiger partial charge in [-0.25, -0.2) is 0 Å². The summed E-state index contributed by atoms with van der Waals surface area (Å²) < 4.78 is 5.54. The van der Waals surface area contributed by atoms with E-state index in [1.165, 1.54) is 32.1 Å². The molecule has 0 amide bonds. The Kier molecular flexibility index (Phi) is 8.61. The number of aliphatic hydroxyl groups is 1. The maximum absolute atomic E-state index is 11.1. The fraction of sp³-hybridized carbons (Fsp3) is 1.00. The zero-order chi connectivity index (χ0) is 12.3. The Bertz CT molecular complexity index is 178. The summed E-state index contributed by atoms with van der Waals surface area (Å²) in [6, 6.07) is 0. The molecule has 1 aliphatic rings. The van der Waals surface area contributed by atoms with E-state index < -0.39 is 0 Å². The van der Waals surface area contributed by atoms with Gasteiger partial charge in [-0.05, 0) is 12.8 Å². The van der Waals surface area contributed by atoms with Crippen LogP contribution in [0.25, 0.3) is 0 Å². The molecule has 1 heterocycles. The topological polar surface area (TPSA) is 55.8 Å². The quantitative estimate of drug-likeness (QED) is 0.632. The fourth-order valence-corrected chi connectivity index (χ4v) is 2.23. The van der Waals surface area contributed by atoms with Crippen molar-refractivity contribution in [2.45, 2.75) is 57.5 Å². The predicted molar refractivity (Wildman–Crippen MR) is 68.7 cm³/mol. The summed E-state index contributed by atoms with van der Waals surface area (Å²) in [5, 5.41) is 20.9. The summed E-state index contributed by atoms with van der Waals surface area (Å²) >= 11 is 0. The van der Waals surface area contributed by atoms with Gasteiger partial charge in [0.25, 0.3) is 0 Å². The molecule has 0 aromatic rings. The van der Waals surface area contributed by atoms with Crippen molar-refractivity contribution in [3.8, 4) is 0 Å². The van der Waals surface area contributed by atoms with E-state index in [0.29, 0.717) is 26.3 Å². The highest BCUT2D eigenvalue weighted by atomic mass is 16.5. The number of ether oxygens (including phenoxy) is 1. The molecule has 1 atom stereocenters. The van der Waals surface area contributed by atoms with Crippen LogP contribution in [0.3, 0.4) is 0 Å². The van der Waals surface area contributed by atoms with Crippen molar-refractivity contribution in [1.82, 2.24) is 5.06 Å². The third kappa shape index (κ3) is 7.71. The van der Waals surface area contributed by atoms with Gasteiger partial charge >= 0.3 is 0 Å². The normalized spacial score (nSPS) is 21.9. The molecular formula is C13H26NO3-. The average molecular weight is 244 g/mol. The standard InChI is InChI=1S/C13H26NO3/c15-10-7-5-3-1-2-4-6-8-13-12-14(16)9-11-17-13/h13,15H,1-12H2/q-1. The first-order valence-corrected chi connectivity index (χ1v) is 6.97. The number of hydroxylamine groups is 2. The third-order valence-electron chi connectivity index (χ3n) is 3.29. The van der Waals surface area contributed by atoms with Gasteiger partial charge in [-0.1, -0.05) is 38.5 Å². The first-order valence-electron chi connectivity index (χ1n) is 6.97. The van der Waals surface area contributed by atoms with Crippen LogP contribution in [0.4, 0.5) is 0 Å². The van der Waals surface area contributed by atoms with Crippen LogP contribution in [0.15, 0.2) is 0 Å². The van der Waals surface area contributed by atoms with Crippen LogP contribution in [0.2, 0.25) is 0 Å². The van der Waals surface area contributed by atoms with Gasteiger partial charge in [-0.2, -0.15) is 0 Å². The van der Waals surface area contributed by atoms with Crippen molar-refractivity contribution in [3.05, 3.63) is 5.21 Å². The lowest BCUT2D eigenvalue weighted by Gasteiger charge is -2.37. The molecule has 0 aromatic carbocycles. The minimum Gasteiger partial charge on any atom is -0.785 e. The summed E-state index contributed by atoms with van der Waals surface area (Å²) in [5.74, 6) is 0. The van der Waals surface area contributed by atoms with Crippen LogP contribution >= 0.6 is 0 Å². The van der Waals surface area contributed by atoms with Gasteiger partial charge in [0.05, 0.1) is 12.7 Å². The number of hydrogen-bond acceptors (Lipinski definition) is 4. The summed E-state index contributed by atoms with van der Waals surface area (Å²) in [5.41, 5.74) is 0. The molecule has 1 N–H and O–H groups in total. The van der Waals surface area contributed by atoms with Gasteiger partial charge in [-0.3, -0.25) is 0 Å². The van der Waals surface area contributed by atoms with E-state index in [0.717, 1.165) is 24.3 Å². The van der Waals surface area contributed by atoms with Crippen LogP contribution in [0, 0.1) is 5.21 Å². The molecule has 1 aliphatic heterocycles. The third-order valence-corrected chi connectivity index (χ3v) is 3.29. The van der Waals surface area contributed by atoms with E-state index in [2.05, 4.69) is 0 Å². The molecule has 0 aromatic heterocycles. The molecule has 4 heteroatoms. The molecule has 1 unspecified atom stereocenters. The van der Waals surface area contributed by atoms with E-state index in [4.69, 9.17) is 9.84 Å². The molecule has 1 fully saturated rings. The smallest absolute Gasteiger partial charge is 0.0693 e. The van der Waals surface area contributed by atoms with Gasteiger partial charge < -0.3 is 20.1 Å². The van der Waals surface area contributed by atoms with Crippen molar-refractivity contribution in [1.29, 1.82) is 0 Å². The molecule has 0 radical (unpaired) electrons. The highest BCUT2D eigenvalue weighted by Crippen LogP contribution is 2.13. The molecule has 0 bridgehead atoms. The van der Waals surface area contributed by atoms with Crippen molar-refractivity contribution in [2.75, 3.05) is 26.3 Å². The van der Waals surface area contributed by atoms with E-state index in [1.54, 1.807) is 0 Å². The van der Waals surface area contributed by atoms with Crippen molar-refractivity contribution in [3.63, 3.8) is 0 Å². The van der Waals surface area contributed by atoms with Gasteiger partial charge in [0.1, 0.15) is 0 Å². The Hall–Kier alpha value is -0.160. The zero-order valence-electron chi connectivity index (χ0n) is 10.8. The van der Waals surface area contributed by atoms with Crippen LogP contribution in [-0.2, 0) is 4.74 Å². The number of aliphatic hydroxyl groups excluding tert-OH is 1. The highest BCUT2D eigenvalue weighted by molar-refractivity contribution is 4.71. The molecular weight excluding hydrogens is 218 g/mol. The van der Waals surface area contributed by atoms with Crippen molar-refractivity contribution < 1.29 is 9.84 Å². The van der Waals surface area contributed by atoms with Crippen LogP contribution in [0.5, 0.6) is 0 Å². The van der Waals surface area contributed by atoms with E-state index in [-0.39, 0.29) is 6.10 Å². The van der Waals surface area contributed by atoms with E-state index in [1.807, 2.05) is 0 Å². The number of rotatable bonds is 9. The van der Waals surface area contributed by atoms with Crippen LogP contribution < -0.4 is 0 Å². The molecule has 1 rings (SSSR count). The minimum absolute atomic E-state index is 0.163. The summed E-state index contributed by atoms with van der Waals surface area (Å²) in [7, 11) is 0. The van der Waals surface area contributed by atoms with Crippen LogP contribution in [-0.4, -0.2) is 42.6 Å². The monoisotopic (exact) mass is 244 g/mol. The number of morpholine rings is 1. The van der Waals surface area contributed by atoms with Crippen molar-refractivity contribution in [2.24, 2.45) is 0 Å². The maximum atomic E-state index is 11.1. The first kappa shape index (κ1) is 14.9. The predicted octanol–water partition coefficient (Wildman–Crippen LogP) is 2.30. The second-order valence-electron chi connectivity index (χ2n) is 4.87. The molecule has 102 valence electrons. The fourth-order valence-electron chi connectivity index (χ4n) is 2.23. The lowest BCUT2D eigenvalue weighted by Crippen LogP contribution is -2.38. The van der Waals surface area contributed by atoms with Crippen LogP contribution in [0.1, 0.15) is 51.4 Å². The highest BCUT2D eigenvalue weighted by Gasteiger charge is 2.13. The molecule has 4 nitrogen and oxygen atoms in total. The second-order valence-corrected chi connectivity index (χ2v) is 4.87. The molecule has 0 aliphatic carbocycles. The van der Waals surface area contributed by atoms with E-state index >= 15 is 0 Å². The Morgan fingerprint density at radius 2 is 1.71 bits per heavy atom. The number of nitrogens with zero attached hydrogens (tertiary/aromatic N) is 1. The number of unbranched alkanes of at least 4 members (excludes halogenated alkanes) is 6. The molecule has 1 saturated heterocycles. The largest absolute Gasteiger partial charge is 0.785 e. The van der Waals surface area contributed by atoms with Gasteiger partial charge in [-0.15, -0.1) is 0 Å². The maximum Gasteiger partial charge on any atom is 0.0693 e. The summed E-state index contributed by atoms with van der Waals surface area (Å²) in [6.45, 7) is 2.00. The van der Waals surface area contributed by atoms with Crippen molar-refractivity contribution >= 4 is 0 Å². The summed E-state index contributed by atoms with van der Waals surface area (Å²) in [6.07, 6.45) is 9.43. The lowest BCUT2D eigenvalue weighted by atomic mass is 10.1. The lowest BCUT2D eigenvalue weighted by molar-refractivity contribution is -0.0174. The Morgan fingerprint density at radius 1 is 1.06 bits per heavy atom. The van der Waals surface area contributed by atoms with Gasteiger partial charge in [0, 0.05) is 19.7 Å². The average Bonchev–Trinajstić information content (AvgIpc) is 2.33. The SMILES string of the molecule is [O-]N1CCOC(CCCCCCCCCO)C1. The molecule has 17 heavy (non-hydrogen) atoms. The zero-order valence-corrected chi connectivity index (χ0v) is 10.8.